The van der Waals surface area contributed by atoms with Crippen molar-refractivity contribution >= 4 is 5.91 Å². The lowest BCUT2D eigenvalue weighted by atomic mass is 9.95. The van der Waals surface area contributed by atoms with Crippen molar-refractivity contribution < 1.29 is 9.90 Å². The first kappa shape index (κ1) is 18.2. The molecule has 2 aromatic rings. The van der Waals surface area contributed by atoms with Gasteiger partial charge in [0.15, 0.2) is 0 Å². The predicted octanol–water partition coefficient (Wildman–Crippen LogP) is 2.72. The number of carbonyl (C=O) groups is 1. The number of carbonyl (C=O) groups excluding carboxylic acids is 1. The van der Waals surface area contributed by atoms with E-state index in [0.717, 1.165) is 17.7 Å². The van der Waals surface area contributed by atoms with Crippen molar-refractivity contribution in [3.05, 3.63) is 48.3 Å². The van der Waals surface area contributed by atoms with Gasteiger partial charge in [-0.25, -0.2) is 4.68 Å². The lowest BCUT2D eigenvalue weighted by Gasteiger charge is -2.24. The van der Waals surface area contributed by atoms with Gasteiger partial charge >= 0.3 is 0 Å². The maximum absolute atomic E-state index is 12.1. The Morgan fingerprint density at radius 3 is 2.62 bits per heavy atom. The quantitative estimate of drug-likeness (QED) is 0.782. The van der Waals surface area contributed by atoms with Gasteiger partial charge in [0.25, 0.3) is 0 Å². The molecule has 5 heteroatoms. The molecule has 130 valence electrons. The van der Waals surface area contributed by atoms with Crippen molar-refractivity contribution in [2.24, 2.45) is 5.92 Å². The summed E-state index contributed by atoms with van der Waals surface area (Å²) in [6, 6.07) is 9.59. The summed E-state index contributed by atoms with van der Waals surface area (Å²) < 4.78 is 1.77. The van der Waals surface area contributed by atoms with E-state index in [2.05, 4.69) is 24.3 Å². The van der Waals surface area contributed by atoms with Crippen LogP contribution in [0.25, 0.3) is 5.69 Å². The van der Waals surface area contributed by atoms with Crippen molar-refractivity contribution in [3.63, 3.8) is 0 Å². The van der Waals surface area contributed by atoms with Crippen LogP contribution in [0.2, 0.25) is 0 Å². The summed E-state index contributed by atoms with van der Waals surface area (Å²) >= 11 is 0. The number of rotatable bonds is 8. The van der Waals surface area contributed by atoms with Crippen LogP contribution in [0.1, 0.15) is 39.2 Å². The Kier molecular flexibility index (Phi) is 6.15. The Bertz CT molecular complexity index is 631. The number of benzene rings is 1. The third-order valence-corrected chi connectivity index (χ3v) is 4.00. The minimum atomic E-state index is -0.857. The van der Waals surface area contributed by atoms with Gasteiger partial charge in [-0.3, -0.25) is 4.79 Å². The highest BCUT2D eigenvalue weighted by Crippen LogP contribution is 2.15. The summed E-state index contributed by atoms with van der Waals surface area (Å²) in [4.78, 5) is 12.1. The summed E-state index contributed by atoms with van der Waals surface area (Å²) in [5.74, 6) is 0.465. The number of hydrogen-bond acceptors (Lipinski definition) is 3. The van der Waals surface area contributed by atoms with E-state index in [1.54, 1.807) is 17.8 Å². The third kappa shape index (κ3) is 5.81. The molecular formula is C19H27N3O2. The van der Waals surface area contributed by atoms with Crippen LogP contribution in [0.15, 0.2) is 42.7 Å². The van der Waals surface area contributed by atoms with Gasteiger partial charge in [0.2, 0.25) is 5.91 Å². The van der Waals surface area contributed by atoms with Crippen LogP contribution < -0.4 is 5.32 Å². The fourth-order valence-corrected chi connectivity index (χ4v) is 2.41. The second-order valence-electron chi connectivity index (χ2n) is 7.00. The molecule has 0 spiro atoms. The molecule has 0 fully saturated rings. The zero-order valence-electron chi connectivity index (χ0n) is 14.7. The highest BCUT2D eigenvalue weighted by Gasteiger charge is 2.21. The summed E-state index contributed by atoms with van der Waals surface area (Å²) in [6.45, 7) is 6.31. The summed E-state index contributed by atoms with van der Waals surface area (Å²) in [5, 5.41) is 17.3. The van der Waals surface area contributed by atoms with E-state index in [1.165, 1.54) is 0 Å². The number of aromatic nitrogens is 2. The number of aliphatic hydroxyl groups is 1. The Balaban J connectivity index is 1.82. The summed E-state index contributed by atoms with van der Waals surface area (Å²) in [6.07, 6.45) is 5.54. The monoisotopic (exact) mass is 329 g/mol. The largest absolute Gasteiger partial charge is 0.388 e. The first-order chi connectivity index (χ1) is 11.4. The maximum Gasteiger partial charge on any atom is 0.224 e. The van der Waals surface area contributed by atoms with E-state index in [0.29, 0.717) is 18.8 Å². The molecule has 2 rings (SSSR count). The number of amides is 1. The maximum atomic E-state index is 12.1. The molecule has 0 saturated heterocycles. The van der Waals surface area contributed by atoms with Crippen molar-refractivity contribution in [2.75, 3.05) is 6.54 Å². The molecule has 1 aromatic carbocycles. The molecule has 1 amide bonds. The van der Waals surface area contributed by atoms with Crippen molar-refractivity contribution in [1.29, 1.82) is 0 Å². The first-order valence-electron chi connectivity index (χ1n) is 8.44. The zero-order chi connectivity index (χ0) is 17.6. The number of nitrogens with zero attached hydrogens (tertiary/aromatic N) is 2. The smallest absolute Gasteiger partial charge is 0.224 e. The Hall–Kier alpha value is -2.14. The molecule has 0 aliphatic rings. The predicted molar refractivity (Wildman–Crippen MR) is 95.0 cm³/mol. The van der Waals surface area contributed by atoms with Crippen LogP contribution in [0.4, 0.5) is 0 Å². The molecular weight excluding hydrogens is 302 g/mol. The second-order valence-corrected chi connectivity index (χ2v) is 7.00. The highest BCUT2D eigenvalue weighted by atomic mass is 16.3. The van der Waals surface area contributed by atoms with Crippen LogP contribution in [-0.2, 0) is 11.2 Å². The fourth-order valence-electron chi connectivity index (χ4n) is 2.41. The molecule has 5 nitrogen and oxygen atoms in total. The van der Waals surface area contributed by atoms with Crippen molar-refractivity contribution in [3.8, 4) is 5.69 Å². The topological polar surface area (TPSA) is 67.2 Å². The van der Waals surface area contributed by atoms with Gasteiger partial charge < -0.3 is 10.4 Å². The Labute approximate surface area is 143 Å². The average molecular weight is 329 g/mol. The summed E-state index contributed by atoms with van der Waals surface area (Å²) in [7, 11) is 0. The van der Waals surface area contributed by atoms with E-state index in [9.17, 15) is 9.90 Å². The lowest BCUT2D eigenvalue weighted by molar-refractivity contribution is -0.121. The minimum Gasteiger partial charge on any atom is -0.388 e. The molecule has 1 unspecified atom stereocenters. The lowest BCUT2D eigenvalue weighted by Crippen LogP contribution is -2.41. The minimum absolute atomic E-state index is 0.0772. The van der Waals surface area contributed by atoms with E-state index < -0.39 is 5.60 Å². The van der Waals surface area contributed by atoms with Gasteiger partial charge in [0.05, 0.1) is 17.7 Å². The van der Waals surface area contributed by atoms with Crippen LogP contribution in [0.5, 0.6) is 0 Å². The molecule has 2 N–H and O–H groups in total. The zero-order valence-corrected chi connectivity index (χ0v) is 14.7. The van der Waals surface area contributed by atoms with E-state index >= 15 is 0 Å². The molecule has 1 atom stereocenters. The highest BCUT2D eigenvalue weighted by molar-refractivity contribution is 5.78. The molecule has 1 aromatic heterocycles. The van der Waals surface area contributed by atoms with Crippen molar-refractivity contribution in [2.45, 2.75) is 45.6 Å². The standard InChI is InChI=1S/C19H27N3O2/c1-15(2)9-10-19(3,24)14-20-18(23)13-16-5-7-17(8-6-16)22-12-4-11-21-22/h4-8,11-12,15,24H,9-10,13-14H2,1-3H3,(H,20,23). The van der Waals surface area contributed by atoms with E-state index in [4.69, 9.17) is 0 Å². The van der Waals surface area contributed by atoms with Gasteiger partial charge in [-0.15, -0.1) is 0 Å². The van der Waals surface area contributed by atoms with Crippen LogP contribution in [-0.4, -0.2) is 32.9 Å². The number of nitrogens with one attached hydrogen (secondary N) is 1. The molecule has 0 aliphatic carbocycles. The average Bonchev–Trinajstić information content (AvgIpc) is 3.07. The molecule has 1 heterocycles. The van der Waals surface area contributed by atoms with Crippen LogP contribution in [0.3, 0.4) is 0 Å². The summed E-state index contributed by atoms with van der Waals surface area (Å²) in [5.41, 5.74) is 1.04. The number of hydrogen-bond donors (Lipinski definition) is 2. The molecule has 0 radical (unpaired) electrons. The van der Waals surface area contributed by atoms with Gasteiger partial charge in [0.1, 0.15) is 0 Å². The van der Waals surface area contributed by atoms with Gasteiger partial charge in [-0.1, -0.05) is 26.0 Å². The second kappa shape index (κ2) is 8.11. The third-order valence-electron chi connectivity index (χ3n) is 4.00. The van der Waals surface area contributed by atoms with Crippen LogP contribution >= 0.6 is 0 Å². The Morgan fingerprint density at radius 2 is 2.04 bits per heavy atom. The van der Waals surface area contributed by atoms with Gasteiger partial charge in [-0.2, -0.15) is 5.10 Å². The van der Waals surface area contributed by atoms with Crippen molar-refractivity contribution in [1.82, 2.24) is 15.1 Å². The van der Waals surface area contributed by atoms with Gasteiger partial charge in [-0.05, 0) is 49.4 Å². The molecule has 0 bridgehead atoms. The van der Waals surface area contributed by atoms with E-state index in [1.807, 2.05) is 36.5 Å². The SMILES string of the molecule is CC(C)CCC(C)(O)CNC(=O)Cc1ccc(-n2cccn2)cc1. The van der Waals surface area contributed by atoms with Gasteiger partial charge in [0, 0.05) is 18.9 Å². The fraction of sp³-hybridized carbons (Fsp3) is 0.474. The Morgan fingerprint density at radius 1 is 1.33 bits per heavy atom. The first-order valence-corrected chi connectivity index (χ1v) is 8.44. The molecule has 0 saturated carbocycles. The molecule has 0 aliphatic heterocycles. The normalized spacial score (nSPS) is 13.7. The van der Waals surface area contributed by atoms with E-state index in [-0.39, 0.29) is 12.5 Å². The molecule has 24 heavy (non-hydrogen) atoms. The van der Waals surface area contributed by atoms with Crippen LogP contribution in [0, 0.1) is 5.92 Å².